The molecule has 0 unspecified atom stereocenters. The fourth-order valence-electron chi connectivity index (χ4n) is 2.08. The maximum absolute atomic E-state index is 11.8. The molecule has 0 radical (unpaired) electrons. The molecular weight excluding hydrogens is 395 g/mol. The van der Waals surface area contributed by atoms with Crippen LogP contribution in [0.3, 0.4) is 0 Å². The topological polar surface area (TPSA) is 78.4 Å². The van der Waals surface area contributed by atoms with Gasteiger partial charge in [0.2, 0.25) is 0 Å². The zero-order valence-corrected chi connectivity index (χ0v) is 13.5. The molecule has 2 rings (SSSR count). The van der Waals surface area contributed by atoms with Crippen LogP contribution in [0.4, 0.5) is 10.5 Å². The molecule has 0 heterocycles. The van der Waals surface area contributed by atoms with E-state index in [1.54, 1.807) is 12.1 Å². The molecule has 7 heteroatoms. The number of carbonyl (C=O) groups is 2. The molecule has 1 aliphatic carbocycles. The minimum absolute atomic E-state index is 0.135. The normalized spacial score (nSPS) is 16.1. The minimum Gasteiger partial charge on any atom is -0.481 e. The summed E-state index contributed by atoms with van der Waals surface area (Å²) in [5.74, 6) is -0.851. The predicted molar refractivity (Wildman–Crippen MR) is 85.1 cm³/mol. The number of anilines is 1. The lowest BCUT2D eigenvalue weighted by Crippen LogP contribution is -2.48. The SMILES string of the molecule is O=C(NCC1(C(=O)O)CCC1)Nc1ccc(I)cc1Cl. The van der Waals surface area contributed by atoms with Gasteiger partial charge in [-0.05, 0) is 53.6 Å². The Balaban J connectivity index is 1.91. The zero-order chi connectivity index (χ0) is 14.8. The molecule has 0 saturated heterocycles. The molecule has 0 aromatic heterocycles. The molecule has 1 aromatic rings. The van der Waals surface area contributed by atoms with Crippen LogP contribution in [0.5, 0.6) is 0 Å². The minimum atomic E-state index is -0.851. The smallest absolute Gasteiger partial charge is 0.319 e. The average molecular weight is 409 g/mol. The van der Waals surface area contributed by atoms with Gasteiger partial charge in [0.25, 0.3) is 0 Å². The number of amides is 2. The third kappa shape index (κ3) is 3.35. The molecule has 1 aromatic carbocycles. The highest BCUT2D eigenvalue weighted by atomic mass is 127. The van der Waals surface area contributed by atoms with Gasteiger partial charge < -0.3 is 15.7 Å². The van der Waals surface area contributed by atoms with Crippen LogP contribution < -0.4 is 10.6 Å². The van der Waals surface area contributed by atoms with Gasteiger partial charge in [0.05, 0.1) is 16.1 Å². The first-order valence-corrected chi connectivity index (χ1v) is 7.62. The van der Waals surface area contributed by atoms with E-state index in [-0.39, 0.29) is 6.54 Å². The fourth-order valence-corrected chi connectivity index (χ4v) is 2.98. The van der Waals surface area contributed by atoms with E-state index in [0.29, 0.717) is 23.6 Å². The number of carboxylic acid groups (broad SMARTS) is 1. The number of aliphatic carboxylic acids is 1. The van der Waals surface area contributed by atoms with E-state index >= 15 is 0 Å². The van der Waals surface area contributed by atoms with Crippen molar-refractivity contribution in [3.63, 3.8) is 0 Å². The monoisotopic (exact) mass is 408 g/mol. The highest BCUT2D eigenvalue weighted by molar-refractivity contribution is 14.1. The van der Waals surface area contributed by atoms with E-state index in [1.807, 2.05) is 6.07 Å². The number of carbonyl (C=O) groups excluding carboxylic acids is 1. The summed E-state index contributed by atoms with van der Waals surface area (Å²) < 4.78 is 0.970. The Morgan fingerprint density at radius 1 is 1.40 bits per heavy atom. The quantitative estimate of drug-likeness (QED) is 0.669. The van der Waals surface area contributed by atoms with Crippen molar-refractivity contribution in [3.8, 4) is 0 Å². The van der Waals surface area contributed by atoms with Crippen molar-refractivity contribution in [2.24, 2.45) is 5.41 Å². The van der Waals surface area contributed by atoms with E-state index < -0.39 is 17.4 Å². The van der Waals surface area contributed by atoms with Crippen LogP contribution in [0.1, 0.15) is 19.3 Å². The molecule has 20 heavy (non-hydrogen) atoms. The summed E-state index contributed by atoms with van der Waals surface area (Å²) in [6.45, 7) is 0.135. The second-order valence-corrected chi connectivity index (χ2v) is 6.52. The molecule has 1 aliphatic rings. The molecule has 108 valence electrons. The third-order valence-corrected chi connectivity index (χ3v) is 4.51. The number of rotatable bonds is 4. The number of benzene rings is 1. The summed E-state index contributed by atoms with van der Waals surface area (Å²) in [5.41, 5.74) is -0.296. The molecule has 3 N–H and O–H groups in total. The summed E-state index contributed by atoms with van der Waals surface area (Å²) in [5, 5.41) is 14.8. The van der Waals surface area contributed by atoms with Crippen LogP contribution in [0.15, 0.2) is 18.2 Å². The van der Waals surface area contributed by atoms with Gasteiger partial charge in [-0.3, -0.25) is 4.79 Å². The van der Waals surface area contributed by atoms with Gasteiger partial charge in [0.15, 0.2) is 0 Å². The Kier molecular flexibility index (Phi) is 4.74. The summed E-state index contributed by atoms with van der Waals surface area (Å²) >= 11 is 8.14. The summed E-state index contributed by atoms with van der Waals surface area (Å²) in [7, 11) is 0. The van der Waals surface area contributed by atoms with Crippen LogP contribution in [-0.4, -0.2) is 23.7 Å². The molecule has 0 aliphatic heterocycles. The average Bonchev–Trinajstić information content (AvgIpc) is 2.31. The highest BCUT2D eigenvalue weighted by Crippen LogP contribution is 2.40. The molecule has 2 amide bonds. The van der Waals surface area contributed by atoms with E-state index in [0.717, 1.165) is 9.99 Å². The number of carboxylic acids is 1. The van der Waals surface area contributed by atoms with Crippen molar-refractivity contribution >= 4 is 51.9 Å². The van der Waals surface area contributed by atoms with Crippen LogP contribution in [0.25, 0.3) is 0 Å². The first kappa shape index (κ1) is 15.4. The first-order valence-electron chi connectivity index (χ1n) is 6.16. The van der Waals surface area contributed by atoms with E-state index in [1.165, 1.54) is 0 Å². The van der Waals surface area contributed by atoms with Gasteiger partial charge in [-0.1, -0.05) is 18.0 Å². The van der Waals surface area contributed by atoms with Crippen molar-refractivity contribution in [1.82, 2.24) is 5.32 Å². The zero-order valence-electron chi connectivity index (χ0n) is 10.6. The Labute approximate surface area is 135 Å². The number of nitrogens with one attached hydrogen (secondary N) is 2. The molecule has 0 atom stereocenters. The number of halogens is 2. The van der Waals surface area contributed by atoms with Gasteiger partial charge >= 0.3 is 12.0 Å². The summed E-state index contributed by atoms with van der Waals surface area (Å²) in [4.78, 5) is 23.0. The maximum Gasteiger partial charge on any atom is 0.319 e. The van der Waals surface area contributed by atoms with Crippen molar-refractivity contribution in [1.29, 1.82) is 0 Å². The second kappa shape index (κ2) is 6.17. The highest BCUT2D eigenvalue weighted by Gasteiger charge is 2.44. The summed E-state index contributed by atoms with van der Waals surface area (Å²) in [6, 6.07) is 4.83. The predicted octanol–water partition coefficient (Wildman–Crippen LogP) is 3.32. The third-order valence-electron chi connectivity index (χ3n) is 3.53. The molecule has 0 spiro atoms. The molecule has 5 nitrogen and oxygen atoms in total. The van der Waals surface area contributed by atoms with E-state index in [4.69, 9.17) is 16.7 Å². The van der Waals surface area contributed by atoms with E-state index in [9.17, 15) is 9.59 Å². The molecular formula is C13H14ClIN2O3. The van der Waals surface area contributed by atoms with Crippen LogP contribution in [0, 0.1) is 8.99 Å². The first-order chi connectivity index (χ1) is 9.43. The van der Waals surface area contributed by atoms with Gasteiger partial charge in [0, 0.05) is 10.1 Å². The van der Waals surface area contributed by atoms with Crippen molar-refractivity contribution in [3.05, 3.63) is 26.8 Å². The number of hydrogen-bond acceptors (Lipinski definition) is 2. The van der Waals surface area contributed by atoms with Gasteiger partial charge in [-0.15, -0.1) is 0 Å². The largest absolute Gasteiger partial charge is 0.481 e. The molecule has 1 saturated carbocycles. The lowest BCUT2D eigenvalue weighted by Gasteiger charge is -2.37. The molecule has 0 bridgehead atoms. The lowest BCUT2D eigenvalue weighted by molar-refractivity contribution is -0.153. The Bertz CT molecular complexity index is 546. The second-order valence-electron chi connectivity index (χ2n) is 4.87. The Hall–Kier alpha value is -1.02. The van der Waals surface area contributed by atoms with Crippen LogP contribution in [0.2, 0.25) is 5.02 Å². The number of hydrogen-bond donors (Lipinski definition) is 3. The van der Waals surface area contributed by atoms with Crippen LogP contribution in [-0.2, 0) is 4.79 Å². The van der Waals surface area contributed by atoms with Gasteiger partial charge in [-0.2, -0.15) is 0 Å². The van der Waals surface area contributed by atoms with Gasteiger partial charge in [-0.25, -0.2) is 4.79 Å². The van der Waals surface area contributed by atoms with E-state index in [2.05, 4.69) is 33.2 Å². The maximum atomic E-state index is 11.8. The van der Waals surface area contributed by atoms with Crippen LogP contribution >= 0.6 is 34.2 Å². The van der Waals surface area contributed by atoms with Crippen molar-refractivity contribution < 1.29 is 14.7 Å². The van der Waals surface area contributed by atoms with Gasteiger partial charge in [0.1, 0.15) is 0 Å². The molecule has 1 fully saturated rings. The summed E-state index contributed by atoms with van der Waals surface area (Å²) in [6.07, 6.45) is 2.10. The fraction of sp³-hybridized carbons (Fsp3) is 0.385. The Morgan fingerprint density at radius 3 is 2.60 bits per heavy atom. The Morgan fingerprint density at radius 2 is 2.10 bits per heavy atom. The van der Waals surface area contributed by atoms with Crippen molar-refractivity contribution in [2.45, 2.75) is 19.3 Å². The lowest BCUT2D eigenvalue weighted by atomic mass is 9.69. The van der Waals surface area contributed by atoms with Crippen molar-refractivity contribution in [2.75, 3.05) is 11.9 Å². The standard InChI is InChI=1S/C13H14ClIN2O3/c14-9-6-8(15)2-3-10(9)17-12(20)16-7-13(11(18)19)4-1-5-13/h2-3,6H,1,4-5,7H2,(H,18,19)(H2,16,17,20). The number of urea groups is 1.